The lowest BCUT2D eigenvalue weighted by atomic mass is 9.86. The van der Waals surface area contributed by atoms with Crippen LogP contribution in [0.25, 0.3) is 10.9 Å². The number of rotatable bonds is 0. The Morgan fingerprint density at radius 1 is 1.12 bits per heavy atom. The first-order valence-corrected chi connectivity index (χ1v) is 6.10. The third kappa shape index (κ3) is 2.33. The minimum absolute atomic E-state index is 0.0613. The van der Waals surface area contributed by atoms with Gasteiger partial charge in [-0.1, -0.05) is 44.0 Å². The Bertz CT molecular complexity index is 586. The van der Waals surface area contributed by atoms with Crippen molar-refractivity contribution in [3.05, 3.63) is 33.8 Å². The van der Waals surface area contributed by atoms with Gasteiger partial charge in [0.2, 0.25) is 0 Å². The molecule has 90 valence electrons. The van der Waals surface area contributed by atoms with Crippen LogP contribution in [-0.4, -0.2) is 4.98 Å². The molecule has 0 saturated carbocycles. The molecule has 0 amide bonds. The maximum atomic E-state index is 6.17. The van der Waals surface area contributed by atoms with E-state index in [0.29, 0.717) is 15.9 Å². The minimum Gasteiger partial charge on any atom is -0.383 e. The lowest BCUT2D eigenvalue weighted by Gasteiger charge is -2.21. The Labute approximate surface area is 111 Å². The van der Waals surface area contributed by atoms with Crippen LogP contribution in [0.5, 0.6) is 0 Å². The van der Waals surface area contributed by atoms with Crippen LogP contribution < -0.4 is 5.73 Å². The van der Waals surface area contributed by atoms with Crippen LogP contribution in [-0.2, 0) is 5.41 Å². The SMILES string of the molecule is CC(C)(C)c1cc2c(Cl)cc(Cl)cc2nc1N. The summed E-state index contributed by atoms with van der Waals surface area (Å²) >= 11 is 12.1. The number of fused-ring (bicyclic) bond motifs is 1. The molecule has 4 heteroatoms. The zero-order chi connectivity index (χ0) is 12.8. The molecule has 1 aromatic heterocycles. The van der Waals surface area contributed by atoms with Crippen molar-refractivity contribution in [3.8, 4) is 0 Å². The van der Waals surface area contributed by atoms with Gasteiger partial charge in [-0.25, -0.2) is 4.98 Å². The van der Waals surface area contributed by atoms with E-state index in [9.17, 15) is 0 Å². The fourth-order valence-electron chi connectivity index (χ4n) is 1.82. The Morgan fingerprint density at radius 3 is 2.35 bits per heavy atom. The predicted octanol–water partition coefficient (Wildman–Crippen LogP) is 4.42. The van der Waals surface area contributed by atoms with Crippen LogP contribution in [0.4, 0.5) is 5.82 Å². The summed E-state index contributed by atoms with van der Waals surface area (Å²) in [7, 11) is 0. The van der Waals surface area contributed by atoms with Crippen LogP contribution in [0, 0.1) is 0 Å². The van der Waals surface area contributed by atoms with E-state index in [4.69, 9.17) is 28.9 Å². The van der Waals surface area contributed by atoms with Crippen LogP contribution in [0.2, 0.25) is 10.0 Å². The van der Waals surface area contributed by atoms with E-state index >= 15 is 0 Å². The van der Waals surface area contributed by atoms with Gasteiger partial charge >= 0.3 is 0 Å². The number of anilines is 1. The number of nitrogens with zero attached hydrogens (tertiary/aromatic N) is 1. The van der Waals surface area contributed by atoms with E-state index in [1.54, 1.807) is 12.1 Å². The average Bonchev–Trinajstić information content (AvgIpc) is 2.13. The van der Waals surface area contributed by atoms with Gasteiger partial charge in [0, 0.05) is 16.0 Å². The molecule has 2 aromatic rings. The van der Waals surface area contributed by atoms with Crippen molar-refractivity contribution in [2.75, 3.05) is 5.73 Å². The Morgan fingerprint density at radius 2 is 1.76 bits per heavy atom. The van der Waals surface area contributed by atoms with Crippen LogP contribution >= 0.6 is 23.2 Å². The Balaban J connectivity index is 2.81. The molecular formula is C13H14Cl2N2. The molecule has 0 fully saturated rings. The van der Waals surface area contributed by atoms with E-state index in [0.717, 1.165) is 16.5 Å². The van der Waals surface area contributed by atoms with Crippen molar-refractivity contribution < 1.29 is 0 Å². The van der Waals surface area contributed by atoms with Gasteiger partial charge in [0.1, 0.15) is 5.82 Å². The van der Waals surface area contributed by atoms with E-state index in [1.165, 1.54) is 0 Å². The zero-order valence-corrected chi connectivity index (χ0v) is 11.5. The fraction of sp³-hybridized carbons (Fsp3) is 0.308. The van der Waals surface area contributed by atoms with E-state index in [2.05, 4.69) is 25.8 Å². The molecule has 1 heterocycles. The molecule has 0 aliphatic carbocycles. The van der Waals surface area contributed by atoms with E-state index < -0.39 is 0 Å². The monoisotopic (exact) mass is 268 g/mol. The van der Waals surface area contributed by atoms with Crippen LogP contribution in [0.3, 0.4) is 0 Å². The van der Waals surface area contributed by atoms with Gasteiger partial charge in [0.25, 0.3) is 0 Å². The smallest absolute Gasteiger partial charge is 0.127 e. The van der Waals surface area contributed by atoms with Crippen molar-refractivity contribution >= 4 is 39.9 Å². The number of pyridine rings is 1. The molecule has 0 saturated heterocycles. The van der Waals surface area contributed by atoms with Gasteiger partial charge in [0.15, 0.2) is 0 Å². The van der Waals surface area contributed by atoms with Crippen molar-refractivity contribution in [2.45, 2.75) is 26.2 Å². The molecule has 2 rings (SSSR count). The van der Waals surface area contributed by atoms with Crippen LogP contribution in [0.1, 0.15) is 26.3 Å². The lowest BCUT2D eigenvalue weighted by molar-refractivity contribution is 0.591. The molecule has 2 N–H and O–H groups in total. The molecule has 0 unspecified atom stereocenters. The van der Waals surface area contributed by atoms with E-state index in [-0.39, 0.29) is 5.41 Å². The highest BCUT2D eigenvalue weighted by Gasteiger charge is 2.19. The fourth-order valence-corrected chi connectivity index (χ4v) is 2.35. The maximum absolute atomic E-state index is 6.17. The highest BCUT2D eigenvalue weighted by molar-refractivity contribution is 6.38. The number of benzene rings is 1. The first-order valence-electron chi connectivity index (χ1n) is 5.35. The quantitative estimate of drug-likeness (QED) is 0.768. The predicted molar refractivity (Wildman–Crippen MR) is 74.9 cm³/mol. The molecule has 0 atom stereocenters. The molecule has 1 aromatic carbocycles. The van der Waals surface area contributed by atoms with Gasteiger partial charge in [-0.05, 0) is 23.6 Å². The van der Waals surface area contributed by atoms with Crippen molar-refractivity contribution in [1.82, 2.24) is 4.98 Å². The summed E-state index contributed by atoms with van der Waals surface area (Å²) in [6, 6.07) is 5.48. The number of nitrogen functional groups attached to an aromatic ring is 1. The molecule has 0 radical (unpaired) electrons. The largest absolute Gasteiger partial charge is 0.383 e. The topological polar surface area (TPSA) is 38.9 Å². The van der Waals surface area contributed by atoms with Gasteiger partial charge in [-0.2, -0.15) is 0 Å². The second-order valence-corrected chi connectivity index (χ2v) is 5.97. The lowest BCUT2D eigenvalue weighted by Crippen LogP contribution is -2.15. The highest BCUT2D eigenvalue weighted by Crippen LogP contribution is 2.33. The van der Waals surface area contributed by atoms with Crippen molar-refractivity contribution in [2.24, 2.45) is 0 Å². The molecule has 2 nitrogen and oxygen atoms in total. The molecule has 0 aliphatic heterocycles. The summed E-state index contributed by atoms with van der Waals surface area (Å²) in [5.74, 6) is 0.531. The zero-order valence-electron chi connectivity index (χ0n) is 10.0. The van der Waals surface area contributed by atoms with Crippen molar-refractivity contribution in [1.29, 1.82) is 0 Å². The molecule has 0 aliphatic rings. The molecule has 17 heavy (non-hydrogen) atoms. The van der Waals surface area contributed by atoms with Crippen molar-refractivity contribution in [3.63, 3.8) is 0 Å². The van der Waals surface area contributed by atoms with Gasteiger partial charge in [-0.3, -0.25) is 0 Å². The number of halogens is 2. The first-order chi connectivity index (χ1) is 7.79. The number of aromatic nitrogens is 1. The second-order valence-electron chi connectivity index (χ2n) is 5.13. The molecule has 0 bridgehead atoms. The normalized spacial score (nSPS) is 12.1. The Hall–Kier alpha value is -0.990. The third-order valence-electron chi connectivity index (χ3n) is 2.69. The molecule has 0 spiro atoms. The number of hydrogen-bond donors (Lipinski definition) is 1. The maximum Gasteiger partial charge on any atom is 0.127 e. The summed E-state index contributed by atoms with van der Waals surface area (Å²) in [5.41, 5.74) is 7.64. The Kier molecular flexibility index (Phi) is 2.96. The summed E-state index contributed by atoms with van der Waals surface area (Å²) in [6.07, 6.45) is 0. The van der Waals surface area contributed by atoms with Gasteiger partial charge in [0.05, 0.1) is 10.5 Å². The highest BCUT2D eigenvalue weighted by atomic mass is 35.5. The molecular weight excluding hydrogens is 255 g/mol. The first kappa shape index (κ1) is 12.5. The third-order valence-corrected chi connectivity index (χ3v) is 3.22. The minimum atomic E-state index is -0.0613. The van der Waals surface area contributed by atoms with Crippen LogP contribution in [0.15, 0.2) is 18.2 Å². The standard InChI is InChI=1S/C13H14Cl2N2/c1-13(2,3)9-6-8-10(15)4-7(14)5-11(8)17-12(9)16/h4-6H,1-3H3,(H2,16,17). The van der Waals surface area contributed by atoms with Gasteiger partial charge in [-0.15, -0.1) is 0 Å². The second kappa shape index (κ2) is 4.04. The average molecular weight is 269 g/mol. The number of nitrogens with two attached hydrogens (primary N) is 1. The summed E-state index contributed by atoms with van der Waals surface area (Å²) in [5, 5.41) is 2.05. The number of hydrogen-bond acceptors (Lipinski definition) is 2. The summed E-state index contributed by atoms with van der Waals surface area (Å²) < 4.78 is 0. The van der Waals surface area contributed by atoms with E-state index in [1.807, 2.05) is 6.07 Å². The summed E-state index contributed by atoms with van der Waals surface area (Å²) in [4.78, 5) is 4.37. The van der Waals surface area contributed by atoms with Gasteiger partial charge < -0.3 is 5.73 Å². The summed E-state index contributed by atoms with van der Waals surface area (Å²) in [6.45, 7) is 6.28.